The average Bonchev–Trinajstić information content (AvgIpc) is 2.91. The van der Waals surface area contributed by atoms with Gasteiger partial charge in [0.05, 0.1) is 12.0 Å². The lowest BCUT2D eigenvalue weighted by atomic mass is 9.93. The first kappa shape index (κ1) is 16.0. The molecule has 1 N–H and O–H groups in total. The molecule has 0 radical (unpaired) electrons. The zero-order valence-electron chi connectivity index (χ0n) is 13.9. The van der Waals surface area contributed by atoms with Gasteiger partial charge in [-0.2, -0.15) is 0 Å². The lowest BCUT2D eigenvalue weighted by Gasteiger charge is -2.38. The maximum atomic E-state index is 10.9. The number of piperidine rings is 1. The van der Waals surface area contributed by atoms with Crippen LogP contribution in [-0.4, -0.2) is 44.9 Å². The number of hydrogen-bond acceptors (Lipinski definition) is 4. The van der Waals surface area contributed by atoms with Crippen LogP contribution in [0.25, 0.3) is 0 Å². The van der Waals surface area contributed by atoms with Crippen molar-refractivity contribution in [3.63, 3.8) is 0 Å². The molecule has 0 spiro atoms. The summed E-state index contributed by atoms with van der Waals surface area (Å²) >= 11 is 0. The number of β-amino-alcohol motifs (C(OH)–C–C–N with tert-alkyl or cyclic N) is 1. The normalized spacial score (nSPS) is 22.2. The third-order valence-electron chi connectivity index (χ3n) is 4.43. The fourth-order valence-electron chi connectivity index (χ4n) is 3.15. The molecule has 23 heavy (non-hydrogen) atoms. The molecule has 5 nitrogen and oxygen atoms in total. The third kappa shape index (κ3) is 4.12. The number of likely N-dealkylation sites (tertiary alicyclic amines) is 1. The summed E-state index contributed by atoms with van der Waals surface area (Å²) in [6.07, 6.45) is 5.45. The van der Waals surface area contributed by atoms with E-state index in [0.29, 0.717) is 13.2 Å². The Labute approximate surface area is 137 Å². The molecule has 0 amide bonds. The molecule has 1 saturated heterocycles. The number of aliphatic hydroxyl groups is 1. The highest BCUT2D eigenvalue weighted by Crippen LogP contribution is 2.24. The summed E-state index contributed by atoms with van der Waals surface area (Å²) in [7, 11) is 2.00. The van der Waals surface area contributed by atoms with Gasteiger partial charge in [-0.25, -0.2) is 4.98 Å². The molecule has 5 heteroatoms. The Morgan fingerprint density at radius 3 is 3.00 bits per heavy atom. The molecule has 2 aromatic rings. The number of imidazole rings is 1. The zero-order valence-corrected chi connectivity index (χ0v) is 13.9. The van der Waals surface area contributed by atoms with Crippen LogP contribution in [0.5, 0.6) is 5.75 Å². The Morgan fingerprint density at radius 1 is 1.39 bits per heavy atom. The summed E-state index contributed by atoms with van der Waals surface area (Å²) in [5.74, 6) is 0.821. The molecule has 1 fully saturated rings. The molecule has 0 bridgehead atoms. The molecule has 1 unspecified atom stereocenters. The van der Waals surface area contributed by atoms with Gasteiger partial charge in [-0.1, -0.05) is 12.1 Å². The van der Waals surface area contributed by atoms with Crippen LogP contribution < -0.4 is 4.74 Å². The first-order valence-corrected chi connectivity index (χ1v) is 8.13. The largest absolute Gasteiger partial charge is 0.491 e. The summed E-state index contributed by atoms with van der Waals surface area (Å²) in [6, 6.07) is 7.95. The number of aromatic nitrogens is 2. The molecule has 3 rings (SSSR count). The van der Waals surface area contributed by atoms with Gasteiger partial charge < -0.3 is 14.4 Å². The van der Waals surface area contributed by atoms with Gasteiger partial charge in [0.2, 0.25) is 0 Å². The molecular formula is C18H25N3O2. The summed E-state index contributed by atoms with van der Waals surface area (Å²) in [6.45, 7) is 4.81. The van der Waals surface area contributed by atoms with Crippen LogP contribution in [0, 0.1) is 6.92 Å². The predicted molar refractivity (Wildman–Crippen MR) is 89.3 cm³/mol. The van der Waals surface area contributed by atoms with Crippen LogP contribution in [0.1, 0.15) is 24.1 Å². The smallest absolute Gasteiger partial charge is 0.119 e. The van der Waals surface area contributed by atoms with E-state index in [1.54, 1.807) is 0 Å². The van der Waals surface area contributed by atoms with Crippen LogP contribution in [0.4, 0.5) is 0 Å². The predicted octanol–water partition coefficient (Wildman–Crippen LogP) is 2.13. The highest BCUT2D eigenvalue weighted by molar-refractivity contribution is 5.27. The van der Waals surface area contributed by atoms with E-state index in [1.807, 2.05) is 55.3 Å². The molecule has 0 saturated carbocycles. The van der Waals surface area contributed by atoms with Crippen molar-refractivity contribution in [3.05, 3.63) is 48.0 Å². The average molecular weight is 315 g/mol. The van der Waals surface area contributed by atoms with Crippen molar-refractivity contribution < 1.29 is 9.84 Å². The van der Waals surface area contributed by atoms with E-state index in [9.17, 15) is 5.11 Å². The minimum Gasteiger partial charge on any atom is -0.491 e. The number of aryl methyl sites for hydroxylation is 2. The van der Waals surface area contributed by atoms with E-state index >= 15 is 0 Å². The quantitative estimate of drug-likeness (QED) is 0.918. The second-order valence-electron chi connectivity index (χ2n) is 6.64. The van der Waals surface area contributed by atoms with Crippen molar-refractivity contribution in [2.75, 3.05) is 19.7 Å². The minimum absolute atomic E-state index is 0.332. The Balaban J connectivity index is 1.59. The van der Waals surface area contributed by atoms with E-state index in [4.69, 9.17) is 4.74 Å². The molecule has 124 valence electrons. The zero-order chi connectivity index (χ0) is 16.3. The van der Waals surface area contributed by atoms with Gasteiger partial charge in [0.25, 0.3) is 0 Å². The fraction of sp³-hybridized carbons (Fsp3) is 0.500. The maximum absolute atomic E-state index is 10.9. The van der Waals surface area contributed by atoms with Gasteiger partial charge in [0, 0.05) is 26.3 Å². The minimum atomic E-state index is -0.791. The second kappa shape index (κ2) is 6.72. The van der Waals surface area contributed by atoms with Crippen molar-refractivity contribution in [2.45, 2.75) is 31.9 Å². The summed E-state index contributed by atoms with van der Waals surface area (Å²) in [5.41, 5.74) is 1.53. The SMILES string of the molecule is Cc1cccc(OCC2(O)CCCN(Cc3cncn3C)C2)c1. The van der Waals surface area contributed by atoms with Crippen molar-refractivity contribution in [1.29, 1.82) is 0 Å². The van der Waals surface area contributed by atoms with Crippen molar-refractivity contribution in [1.82, 2.24) is 14.5 Å². The molecule has 1 aliphatic heterocycles. The van der Waals surface area contributed by atoms with Crippen LogP contribution in [0.3, 0.4) is 0 Å². The molecular weight excluding hydrogens is 290 g/mol. The molecule has 0 aliphatic carbocycles. The first-order valence-electron chi connectivity index (χ1n) is 8.13. The topological polar surface area (TPSA) is 50.5 Å². The third-order valence-corrected chi connectivity index (χ3v) is 4.43. The number of benzene rings is 1. The highest BCUT2D eigenvalue weighted by atomic mass is 16.5. The number of nitrogens with zero attached hydrogens (tertiary/aromatic N) is 3. The lowest BCUT2D eigenvalue weighted by Crippen LogP contribution is -2.51. The van der Waals surface area contributed by atoms with Gasteiger partial charge >= 0.3 is 0 Å². The lowest BCUT2D eigenvalue weighted by molar-refractivity contribution is -0.0624. The monoisotopic (exact) mass is 315 g/mol. The van der Waals surface area contributed by atoms with E-state index in [2.05, 4.69) is 9.88 Å². The summed E-state index contributed by atoms with van der Waals surface area (Å²) < 4.78 is 7.87. The van der Waals surface area contributed by atoms with E-state index in [0.717, 1.165) is 42.9 Å². The van der Waals surface area contributed by atoms with Gasteiger partial charge in [0.1, 0.15) is 18.0 Å². The number of rotatable bonds is 5. The highest BCUT2D eigenvalue weighted by Gasteiger charge is 2.34. The first-order chi connectivity index (χ1) is 11.0. The van der Waals surface area contributed by atoms with Gasteiger partial charge in [-0.15, -0.1) is 0 Å². The number of ether oxygens (including phenoxy) is 1. The van der Waals surface area contributed by atoms with Gasteiger partial charge in [-0.05, 0) is 44.0 Å². The fourth-order valence-corrected chi connectivity index (χ4v) is 3.15. The Bertz CT molecular complexity index is 655. The number of hydrogen-bond donors (Lipinski definition) is 1. The van der Waals surface area contributed by atoms with Crippen molar-refractivity contribution in [2.24, 2.45) is 7.05 Å². The summed E-state index contributed by atoms with van der Waals surface area (Å²) in [4.78, 5) is 6.43. The van der Waals surface area contributed by atoms with Crippen LogP contribution in [0.15, 0.2) is 36.8 Å². The van der Waals surface area contributed by atoms with Gasteiger partial charge in [0.15, 0.2) is 0 Å². The molecule has 2 heterocycles. The molecule has 1 aromatic carbocycles. The molecule has 1 atom stereocenters. The van der Waals surface area contributed by atoms with Crippen molar-refractivity contribution >= 4 is 0 Å². The standard InChI is InChI=1S/C18H25N3O2/c1-15-5-3-6-17(9-15)23-13-18(22)7-4-8-21(12-18)11-16-10-19-14-20(16)2/h3,5-6,9-10,14,22H,4,7-8,11-13H2,1-2H3. The van der Waals surface area contributed by atoms with Crippen LogP contribution in [-0.2, 0) is 13.6 Å². The van der Waals surface area contributed by atoms with E-state index in [1.165, 1.54) is 0 Å². The van der Waals surface area contributed by atoms with Gasteiger partial charge in [-0.3, -0.25) is 4.90 Å². The Morgan fingerprint density at radius 2 is 2.26 bits per heavy atom. The van der Waals surface area contributed by atoms with Crippen molar-refractivity contribution in [3.8, 4) is 5.75 Å². The Kier molecular flexibility index (Phi) is 4.68. The molecule has 1 aliphatic rings. The Hall–Kier alpha value is -1.85. The van der Waals surface area contributed by atoms with Crippen LogP contribution in [0.2, 0.25) is 0 Å². The maximum Gasteiger partial charge on any atom is 0.119 e. The van der Waals surface area contributed by atoms with E-state index < -0.39 is 5.60 Å². The van der Waals surface area contributed by atoms with E-state index in [-0.39, 0.29) is 0 Å². The molecule has 1 aromatic heterocycles. The summed E-state index contributed by atoms with van der Waals surface area (Å²) in [5, 5.41) is 10.9. The van der Waals surface area contributed by atoms with Crippen LogP contribution >= 0.6 is 0 Å². The second-order valence-corrected chi connectivity index (χ2v) is 6.64.